The third-order valence-corrected chi connectivity index (χ3v) is 3.97. The average molecular weight is 262 g/mol. The smallest absolute Gasteiger partial charge is 0.0620 e. The van der Waals surface area contributed by atoms with E-state index < -0.39 is 0 Å². The van der Waals surface area contributed by atoms with E-state index in [1.807, 2.05) is 0 Å². The van der Waals surface area contributed by atoms with Crippen LogP contribution in [0.25, 0.3) is 0 Å². The average Bonchev–Trinajstić information content (AvgIpc) is 2.47. The second kappa shape index (κ2) is 7.63. The van der Waals surface area contributed by atoms with Crippen LogP contribution >= 0.6 is 0 Å². The van der Waals surface area contributed by atoms with Gasteiger partial charge in [0.25, 0.3) is 0 Å². The highest BCUT2D eigenvalue weighted by Crippen LogP contribution is 2.09. The van der Waals surface area contributed by atoms with E-state index in [0.29, 0.717) is 12.1 Å². The fourth-order valence-corrected chi connectivity index (χ4v) is 2.53. The summed E-state index contributed by atoms with van der Waals surface area (Å²) in [5.41, 5.74) is 1.42. The Balaban J connectivity index is 1.71. The molecule has 0 aliphatic carbocycles. The number of benzene rings is 1. The summed E-state index contributed by atoms with van der Waals surface area (Å²) in [5, 5.41) is 3.53. The lowest BCUT2D eigenvalue weighted by Gasteiger charge is -2.31. The van der Waals surface area contributed by atoms with E-state index in [-0.39, 0.29) is 0 Å². The molecule has 2 unspecified atom stereocenters. The molecule has 1 heterocycles. The Morgan fingerprint density at radius 3 is 2.84 bits per heavy atom. The zero-order valence-corrected chi connectivity index (χ0v) is 12.1. The van der Waals surface area contributed by atoms with Crippen LogP contribution in [0.5, 0.6) is 0 Å². The molecule has 106 valence electrons. The Labute approximate surface area is 116 Å². The molecule has 0 radical (unpaired) electrons. The fourth-order valence-electron chi connectivity index (χ4n) is 2.53. The minimum atomic E-state index is 0.517. The van der Waals surface area contributed by atoms with Crippen molar-refractivity contribution in [1.82, 2.24) is 10.2 Å². The first-order valence-corrected chi connectivity index (χ1v) is 7.31. The third-order valence-electron chi connectivity index (χ3n) is 3.97. The van der Waals surface area contributed by atoms with Crippen LogP contribution in [-0.4, -0.2) is 50.3 Å². The molecule has 1 saturated heterocycles. The van der Waals surface area contributed by atoms with Crippen molar-refractivity contribution in [2.45, 2.75) is 31.8 Å². The lowest BCUT2D eigenvalue weighted by atomic mass is 10.1. The lowest BCUT2D eigenvalue weighted by Crippen LogP contribution is -2.45. The van der Waals surface area contributed by atoms with Crippen molar-refractivity contribution < 1.29 is 4.74 Å². The third kappa shape index (κ3) is 4.94. The van der Waals surface area contributed by atoms with Crippen LogP contribution < -0.4 is 5.32 Å². The molecule has 2 atom stereocenters. The lowest BCUT2D eigenvalue weighted by molar-refractivity contribution is 0.0645. The van der Waals surface area contributed by atoms with Crippen molar-refractivity contribution in [3.05, 3.63) is 35.9 Å². The van der Waals surface area contributed by atoms with E-state index in [1.54, 1.807) is 0 Å². The summed E-state index contributed by atoms with van der Waals surface area (Å²) in [6.45, 7) is 6.12. The van der Waals surface area contributed by atoms with Gasteiger partial charge in [-0.3, -0.25) is 0 Å². The van der Waals surface area contributed by atoms with Gasteiger partial charge in [0.15, 0.2) is 0 Å². The number of nitrogens with one attached hydrogen (secondary N) is 1. The van der Waals surface area contributed by atoms with Crippen LogP contribution in [0, 0.1) is 0 Å². The highest BCUT2D eigenvalue weighted by Gasteiger charge is 2.18. The van der Waals surface area contributed by atoms with Gasteiger partial charge < -0.3 is 15.0 Å². The molecule has 1 aliphatic rings. The maximum Gasteiger partial charge on any atom is 0.0620 e. The second-order valence-electron chi connectivity index (χ2n) is 5.53. The maximum atomic E-state index is 5.51. The van der Waals surface area contributed by atoms with Crippen molar-refractivity contribution in [1.29, 1.82) is 0 Å². The number of ether oxygens (including phenoxy) is 1. The zero-order valence-electron chi connectivity index (χ0n) is 12.1. The van der Waals surface area contributed by atoms with Crippen LogP contribution in [0.3, 0.4) is 0 Å². The zero-order chi connectivity index (χ0) is 13.5. The molecule has 1 fully saturated rings. The van der Waals surface area contributed by atoms with E-state index in [4.69, 9.17) is 4.74 Å². The predicted octanol–water partition coefficient (Wildman–Crippen LogP) is 1.93. The van der Waals surface area contributed by atoms with E-state index >= 15 is 0 Å². The maximum absolute atomic E-state index is 5.51. The Morgan fingerprint density at radius 1 is 1.37 bits per heavy atom. The van der Waals surface area contributed by atoms with Crippen molar-refractivity contribution >= 4 is 0 Å². The molecule has 1 N–H and O–H groups in total. The van der Waals surface area contributed by atoms with Gasteiger partial charge in [0.05, 0.1) is 13.2 Å². The van der Waals surface area contributed by atoms with Gasteiger partial charge in [-0.25, -0.2) is 0 Å². The topological polar surface area (TPSA) is 24.5 Å². The minimum Gasteiger partial charge on any atom is -0.379 e. The highest BCUT2D eigenvalue weighted by atomic mass is 16.5. The Morgan fingerprint density at radius 2 is 2.16 bits per heavy atom. The first kappa shape index (κ1) is 14.5. The van der Waals surface area contributed by atoms with Crippen molar-refractivity contribution in [3.8, 4) is 0 Å². The normalized spacial score (nSPS) is 21.5. The van der Waals surface area contributed by atoms with Crippen LogP contribution in [0.4, 0.5) is 0 Å². The number of likely N-dealkylation sites (N-methyl/N-ethyl adjacent to an activating group) is 1. The number of hydrogen-bond donors (Lipinski definition) is 1. The SMILES string of the molecule is CC(CC1COCCN1)N(C)CCc1ccccc1. The van der Waals surface area contributed by atoms with E-state index in [0.717, 1.165) is 39.1 Å². The summed E-state index contributed by atoms with van der Waals surface area (Å²) >= 11 is 0. The van der Waals surface area contributed by atoms with Gasteiger partial charge in [-0.1, -0.05) is 30.3 Å². The van der Waals surface area contributed by atoms with Gasteiger partial charge >= 0.3 is 0 Å². The Bertz CT molecular complexity index is 349. The first-order chi connectivity index (χ1) is 9.25. The van der Waals surface area contributed by atoms with Gasteiger partial charge in [-0.2, -0.15) is 0 Å². The molecule has 3 heteroatoms. The second-order valence-corrected chi connectivity index (χ2v) is 5.53. The molecule has 0 amide bonds. The molecule has 19 heavy (non-hydrogen) atoms. The van der Waals surface area contributed by atoms with Crippen LogP contribution in [-0.2, 0) is 11.2 Å². The summed E-state index contributed by atoms with van der Waals surface area (Å²) in [6.07, 6.45) is 2.28. The number of morpholine rings is 1. The molecule has 2 rings (SSSR count). The monoisotopic (exact) mass is 262 g/mol. The number of nitrogens with zero attached hydrogens (tertiary/aromatic N) is 1. The molecule has 0 bridgehead atoms. The molecule has 0 saturated carbocycles. The van der Waals surface area contributed by atoms with Crippen molar-refractivity contribution in [3.63, 3.8) is 0 Å². The highest BCUT2D eigenvalue weighted by molar-refractivity contribution is 5.14. The van der Waals surface area contributed by atoms with Crippen LogP contribution in [0.15, 0.2) is 30.3 Å². The van der Waals surface area contributed by atoms with Gasteiger partial charge in [-0.15, -0.1) is 0 Å². The summed E-state index contributed by atoms with van der Waals surface area (Å²) < 4.78 is 5.51. The summed E-state index contributed by atoms with van der Waals surface area (Å²) in [4.78, 5) is 2.45. The Kier molecular flexibility index (Phi) is 5.83. The molecule has 0 aromatic heterocycles. The molecule has 3 nitrogen and oxygen atoms in total. The van der Waals surface area contributed by atoms with Crippen LogP contribution in [0.1, 0.15) is 18.9 Å². The van der Waals surface area contributed by atoms with Gasteiger partial charge in [0, 0.05) is 25.2 Å². The summed E-state index contributed by atoms with van der Waals surface area (Å²) in [7, 11) is 2.22. The molecule has 1 aromatic carbocycles. The molecule has 1 aromatic rings. The minimum absolute atomic E-state index is 0.517. The standard InChI is InChI=1S/C16H26N2O/c1-14(12-16-13-19-11-9-17-16)18(2)10-8-15-6-4-3-5-7-15/h3-7,14,16-17H,8-13H2,1-2H3. The van der Waals surface area contributed by atoms with Crippen LogP contribution in [0.2, 0.25) is 0 Å². The number of hydrogen-bond acceptors (Lipinski definition) is 3. The summed E-state index contributed by atoms with van der Waals surface area (Å²) in [6, 6.07) is 11.8. The van der Waals surface area contributed by atoms with Crippen molar-refractivity contribution in [2.24, 2.45) is 0 Å². The van der Waals surface area contributed by atoms with Crippen molar-refractivity contribution in [2.75, 3.05) is 33.4 Å². The van der Waals surface area contributed by atoms with E-state index in [1.165, 1.54) is 5.56 Å². The van der Waals surface area contributed by atoms with E-state index in [9.17, 15) is 0 Å². The number of rotatable bonds is 6. The Hall–Kier alpha value is -0.900. The fraction of sp³-hybridized carbons (Fsp3) is 0.625. The van der Waals surface area contributed by atoms with Gasteiger partial charge in [0.1, 0.15) is 0 Å². The summed E-state index contributed by atoms with van der Waals surface area (Å²) in [5.74, 6) is 0. The van der Waals surface area contributed by atoms with Gasteiger partial charge in [-0.05, 0) is 32.4 Å². The van der Waals surface area contributed by atoms with E-state index in [2.05, 4.69) is 54.5 Å². The largest absolute Gasteiger partial charge is 0.379 e. The quantitative estimate of drug-likeness (QED) is 0.848. The molecule has 1 aliphatic heterocycles. The molecular weight excluding hydrogens is 236 g/mol. The van der Waals surface area contributed by atoms with Gasteiger partial charge in [0.2, 0.25) is 0 Å². The predicted molar refractivity (Wildman–Crippen MR) is 79.5 cm³/mol. The molecular formula is C16H26N2O. The first-order valence-electron chi connectivity index (χ1n) is 7.31. The molecule has 0 spiro atoms.